The van der Waals surface area contributed by atoms with Crippen molar-refractivity contribution < 1.29 is 9.53 Å². The molecule has 5 heteroatoms. The lowest BCUT2D eigenvalue weighted by Crippen LogP contribution is -2.30. The molecule has 1 N–H and O–H groups in total. The van der Waals surface area contributed by atoms with Crippen molar-refractivity contribution in [2.24, 2.45) is 0 Å². The molecule has 1 aromatic rings. The summed E-state index contributed by atoms with van der Waals surface area (Å²) in [6.45, 7) is 9.04. The molecule has 1 amide bonds. The van der Waals surface area contributed by atoms with E-state index in [4.69, 9.17) is 4.74 Å². The molecule has 0 aliphatic rings. The number of likely N-dealkylation sites (N-methyl/N-ethyl adjacent to an activating group) is 1. The van der Waals surface area contributed by atoms with Gasteiger partial charge in [0.25, 0.3) is 5.91 Å². The van der Waals surface area contributed by atoms with Crippen LogP contribution in [0.5, 0.6) is 0 Å². The van der Waals surface area contributed by atoms with E-state index in [2.05, 4.69) is 29.0 Å². The molecule has 0 atom stereocenters. The Balaban J connectivity index is 2.07. The van der Waals surface area contributed by atoms with Crippen molar-refractivity contribution in [1.29, 1.82) is 0 Å². The van der Waals surface area contributed by atoms with E-state index in [0.29, 0.717) is 25.3 Å². The second-order valence-electron chi connectivity index (χ2n) is 4.14. The second kappa shape index (κ2) is 9.47. The van der Waals surface area contributed by atoms with Gasteiger partial charge in [-0.3, -0.25) is 9.78 Å². The molecule has 0 saturated heterocycles. The molecule has 19 heavy (non-hydrogen) atoms. The number of amides is 1. The molecule has 0 bridgehead atoms. The van der Waals surface area contributed by atoms with E-state index in [1.165, 1.54) is 0 Å². The predicted molar refractivity (Wildman–Crippen MR) is 75.2 cm³/mol. The molecular formula is C14H23N3O2. The van der Waals surface area contributed by atoms with Crippen molar-refractivity contribution in [3.8, 4) is 0 Å². The van der Waals surface area contributed by atoms with Gasteiger partial charge >= 0.3 is 0 Å². The molecule has 1 heterocycles. The average molecular weight is 265 g/mol. The number of hydrogen-bond acceptors (Lipinski definition) is 4. The number of rotatable bonds is 9. The molecule has 0 unspecified atom stereocenters. The molecule has 0 aromatic carbocycles. The van der Waals surface area contributed by atoms with Gasteiger partial charge in [-0.25, -0.2) is 0 Å². The molecule has 0 radical (unpaired) electrons. The van der Waals surface area contributed by atoms with Gasteiger partial charge in [0.15, 0.2) is 0 Å². The van der Waals surface area contributed by atoms with E-state index in [0.717, 1.165) is 19.6 Å². The van der Waals surface area contributed by atoms with Crippen molar-refractivity contribution >= 4 is 5.91 Å². The quantitative estimate of drug-likeness (QED) is 0.681. The third-order valence-corrected chi connectivity index (χ3v) is 2.90. The minimum atomic E-state index is -0.111. The molecule has 0 fully saturated rings. The van der Waals surface area contributed by atoms with Crippen LogP contribution in [0.25, 0.3) is 0 Å². The lowest BCUT2D eigenvalue weighted by atomic mass is 10.3. The van der Waals surface area contributed by atoms with Crippen LogP contribution in [-0.2, 0) is 4.74 Å². The number of hydrogen-bond donors (Lipinski definition) is 1. The Morgan fingerprint density at radius 3 is 2.79 bits per heavy atom. The largest absolute Gasteiger partial charge is 0.378 e. The number of carbonyl (C=O) groups excluding carboxylic acids is 1. The average Bonchev–Trinajstić information content (AvgIpc) is 2.47. The van der Waals surface area contributed by atoms with E-state index in [9.17, 15) is 4.79 Å². The van der Waals surface area contributed by atoms with Crippen molar-refractivity contribution in [3.63, 3.8) is 0 Å². The summed E-state index contributed by atoms with van der Waals surface area (Å²) in [6.07, 6.45) is 3.20. The van der Waals surface area contributed by atoms with E-state index in [1.54, 1.807) is 24.5 Å². The van der Waals surface area contributed by atoms with Crippen LogP contribution in [0.15, 0.2) is 24.5 Å². The Morgan fingerprint density at radius 2 is 2.16 bits per heavy atom. The molecule has 106 valence electrons. The molecule has 1 rings (SSSR count). The Kier molecular flexibility index (Phi) is 7.77. The summed E-state index contributed by atoms with van der Waals surface area (Å²) < 4.78 is 5.48. The van der Waals surface area contributed by atoms with Crippen LogP contribution in [0.2, 0.25) is 0 Å². The second-order valence-corrected chi connectivity index (χ2v) is 4.14. The number of nitrogens with one attached hydrogen (secondary N) is 1. The number of aromatic nitrogens is 1. The highest BCUT2D eigenvalue weighted by Crippen LogP contribution is 1.94. The van der Waals surface area contributed by atoms with Gasteiger partial charge in [-0.2, -0.15) is 0 Å². The van der Waals surface area contributed by atoms with Crippen molar-refractivity contribution in [3.05, 3.63) is 30.1 Å². The predicted octanol–water partition coefficient (Wildman–Crippen LogP) is 1.17. The highest BCUT2D eigenvalue weighted by atomic mass is 16.5. The van der Waals surface area contributed by atoms with Crippen LogP contribution in [0, 0.1) is 0 Å². The molecule has 1 aromatic heterocycles. The zero-order valence-corrected chi connectivity index (χ0v) is 11.8. The van der Waals surface area contributed by atoms with Crippen LogP contribution in [0.3, 0.4) is 0 Å². The molecule has 0 aliphatic carbocycles. The fourth-order valence-corrected chi connectivity index (χ4v) is 1.67. The number of pyridine rings is 1. The first-order chi connectivity index (χ1) is 9.27. The van der Waals surface area contributed by atoms with Gasteiger partial charge in [-0.05, 0) is 25.2 Å². The maximum Gasteiger partial charge on any atom is 0.252 e. The molecule has 0 aliphatic heterocycles. The fourth-order valence-electron chi connectivity index (χ4n) is 1.67. The molecule has 5 nitrogen and oxygen atoms in total. The first kappa shape index (κ1) is 15.6. The molecular weight excluding hydrogens is 242 g/mol. The Hall–Kier alpha value is -1.46. The number of ether oxygens (including phenoxy) is 1. The highest BCUT2D eigenvalue weighted by molar-refractivity contribution is 5.93. The van der Waals surface area contributed by atoms with Gasteiger partial charge in [-0.15, -0.1) is 0 Å². The van der Waals surface area contributed by atoms with Gasteiger partial charge in [-0.1, -0.05) is 13.8 Å². The lowest BCUT2D eigenvalue weighted by Gasteiger charge is -2.17. The van der Waals surface area contributed by atoms with Crippen molar-refractivity contribution in [2.45, 2.75) is 13.8 Å². The van der Waals surface area contributed by atoms with Gasteiger partial charge in [0.2, 0.25) is 0 Å². The number of nitrogens with zero attached hydrogens (tertiary/aromatic N) is 2. The summed E-state index contributed by atoms with van der Waals surface area (Å²) >= 11 is 0. The zero-order chi connectivity index (χ0) is 13.9. The van der Waals surface area contributed by atoms with Crippen LogP contribution in [0.4, 0.5) is 0 Å². The SMILES string of the molecule is CCN(CC)CCOCCNC(=O)c1cccnc1. The Bertz CT molecular complexity index is 353. The van der Waals surface area contributed by atoms with Gasteiger partial charge < -0.3 is 15.0 Å². The van der Waals surface area contributed by atoms with Crippen LogP contribution in [0.1, 0.15) is 24.2 Å². The van der Waals surface area contributed by atoms with Crippen molar-refractivity contribution in [1.82, 2.24) is 15.2 Å². The van der Waals surface area contributed by atoms with Gasteiger partial charge in [0.05, 0.1) is 18.8 Å². The van der Waals surface area contributed by atoms with Crippen molar-refractivity contribution in [2.75, 3.05) is 39.4 Å². The lowest BCUT2D eigenvalue weighted by molar-refractivity contribution is 0.0884. The minimum Gasteiger partial charge on any atom is -0.378 e. The Labute approximate surface area is 115 Å². The van der Waals surface area contributed by atoms with Crippen LogP contribution < -0.4 is 5.32 Å². The fraction of sp³-hybridized carbons (Fsp3) is 0.571. The van der Waals surface area contributed by atoms with E-state index < -0.39 is 0 Å². The summed E-state index contributed by atoms with van der Waals surface area (Å²) in [5.41, 5.74) is 0.575. The Morgan fingerprint density at radius 1 is 1.37 bits per heavy atom. The van der Waals surface area contributed by atoms with E-state index >= 15 is 0 Å². The molecule has 0 saturated carbocycles. The standard InChI is InChI=1S/C14H23N3O2/c1-3-17(4-2)9-11-19-10-8-16-14(18)13-6-5-7-15-12-13/h5-7,12H,3-4,8-11H2,1-2H3,(H,16,18). The van der Waals surface area contributed by atoms with Crippen LogP contribution >= 0.6 is 0 Å². The maximum atomic E-state index is 11.7. The zero-order valence-electron chi connectivity index (χ0n) is 11.8. The maximum absolute atomic E-state index is 11.7. The third kappa shape index (κ3) is 6.31. The topological polar surface area (TPSA) is 54.5 Å². The number of carbonyl (C=O) groups is 1. The highest BCUT2D eigenvalue weighted by Gasteiger charge is 2.03. The summed E-state index contributed by atoms with van der Waals surface area (Å²) in [5.74, 6) is -0.111. The molecule has 0 spiro atoms. The normalized spacial score (nSPS) is 10.7. The summed E-state index contributed by atoms with van der Waals surface area (Å²) in [6, 6.07) is 3.49. The first-order valence-electron chi connectivity index (χ1n) is 6.76. The third-order valence-electron chi connectivity index (χ3n) is 2.90. The minimum absolute atomic E-state index is 0.111. The summed E-state index contributed by atoms with van der Waals surface area (Å²) in [7, 11) is 0. The summed E-state index contributed by atoms with van der Waals surface area (Å²) in [5, 5.41) is 2.80. The monoisotopic (exact) mass is 265 g/mol. The van der Waals surface area contributed by atoms with E-state index in [-0.39, 0.29) is 5.91 Å². The smallest absolute Gasteiger partial charge is 0.252 e. The van der Waals surface area contributed by atoms with Gasteiger partial charge in [0.1, 0.15) is 0 Å². The summed E-state index contributed by atoms with van der Waals surface area (Å²) in [4.78, 5) is 17.9. The first-order valence-corrected chi connectivity index (χ1v) is 6.76. The van der Waals surface area contributed by atoms with Crippen LogP contribution in [-0.4, -0.2) is 55.2 Å². The van der Waals surface area contributed by atoms with E-state index in [1.807, 2.05) is 0 Å². The van der Waals surface area contributed by atoms with Gasteiger partial charge in [0, 0.05) is 25.5 Å².